The van der Waals surface area contributed by atoms with Crippen LogP contribution in [-0.2, 0) is 11.3 Å². The Morgan fingerprint density at radius 3 is 2.52 bits per heavy atom. The number of pyridine rings is 1. The summed E-state index contributed by atoms with van der Waals surface area (Å²) >= 11 is 0. The Bertz CT molecular complexity index is 1120. The number of hydrogen-bond donors (Lipinski definition) is 1. The first-order valence-corrected chi connectivity index (χ1v) is 10.7. The minimum Gasteiger partial charge on any atom is -0.359 e. The molecule has 2 aliphatic heterocycles. The van der Waals surface area contributed by atoms with Crippen molar-refractivity contribution in [2.45, 2.75) is 6.54 Å². The molecule has 158 valence electrons. The third-order valence-corrected chi connectivity index (χ3v) is 6.65. The van der Waals surface area contributed by atoms with E-state index in [0.717, 1.165) is 24.0 Å². The smallest absolute Gasteiger partial charge is 0.272 e. The van der Waals surface area contributed by atoms with E-state index in [1.54, 1.807) is 13.1 Å². The molecular weight excluding hydrogens is 388 g/mol. The second-order valence-electron chi connectivity index (χ2n) is 8.73. The van der Waals surface area contributed by atoms with Crippen LogP contribution >= 0.6 is 0 Å². The summed E-state index contributed by atoms with van der Waals surface area (Å²) in [5, 5.41) is 3.85. The van der Waals surface area contributed by atoms with E-state index < -0.39 is 0 Å². The van der Waals surface area contributed by atoms with Gasteiger partial charge < -0.3 is 10.2 Å². The van der Waals surface area contributed by atoms with Crippen molar-refractivity contribution in [3.63, 3.8) is 0 Å². The van der Waals surface area contributed by atoms with Gasteiger partial charge >= 0.3 is 0 Å². The van der Waals surface area contributed by atoms with Gasteiger partial charge in [-0.15, -0.1) is 0 Å². The van der Waals surface area contributed by atoms with E-state index in [4.69, 9.17) is 0 Å². The summed E-state index contributed by atoms with van der Waals surface area (Å²) in [5.74, 6) is -0.116. The number of aromatic nitrogens is 1. The largest absolute Gasteiger partial charge is 0.359 e. The van der Waals surface area contributed by atoms with E-state index in [1.807, 2.05) is 53.4 Å². The lowest BCUT2D eigenvalue weighted by atomic mass is 9.71. The van der Waals surface area contributed by atoms with E-state index in [0.29, 0.717) is 25.3 Å². The van der Waals surface area contributed by atoms with Crippen molar-refractivity contribution in [2.24, 2.45) is 11.3 Å². The first-order valence-electron chi connectivity index (χ1n) is 10.7. The maximum absolute atomic E-state index is 13.1. The lowest BCUT2D eigenvalue weighted by Crippen LogP contribution is -2.64. The third kappa shape index (κ3) is 3.57. The van der Waals surface area contributed by atoms with Crippen molar-refractivity contribution in [2.75, 3.05) is 33.2 Å². The molecule has 0 bridgehead atoms. The monoisotopic (exact) mass is 414 g/mol. The zero-order valence-corrected chi connectivity index (χ0v) is 17.6. The van der Waals surface area contributed by atoms with Crippen molar-refractivity contribution < 1.29 is 9.59 Å². The first kappa shape index (κ1) is 19.7. The SMILES string of the molecule is CNC(=O)C1CN(Cc2ccccc2)CC12CN(C(=O)c1ccc3ccccc3n1)C2. The minimum atomic E-state index is -0.193. The Morgan fingerprint density at radius 1 is 1.00 bits per heavy atom. The van der Waals surface area contributed by atoms with Crippen molar-refractivity contribution in [1.82, 2.24) is 20.1 Å². The van der Waals surface area contributed by atoms with Gasteiger partial charge in [0, 0.05) is 50.6 Å². The molecule has 0 radical (unpaired) electrons. The van der Waals surface area contributed by atoms with Gasteiger partial charge in [-0.3, -0.25) is 14.5 Å². The number of likely N-dealkylation sites (tertiary alicyclic amines) is 2. The second-order valence-corrected chi connectivity index (χ2v) is 8.73. The minimum absolute atomic E-state index is 0.0615. The summed E-state index contributed by atoms with van der Waals surface area (Å²) in [5.41, 5.74) is 2.33. The Kier molecular flexibility index (Phi) is 4.94. The molecule has 0 aliphatic carbocycles. The molecule has 1 N–H and O–H groups in total. The Labute approximate surface area is 181 Å². The molecule has 3 aromatic rings. The molecule has 6 heteroatoms. The molecule has 2 aliphatic rings. The van der Waals surface area contributed by atoms with Crippen LogP contribution in [0.25, 0.3) is 10.9 Å². The van der Waals surface area contributed by atoms with Gasteiger partial charge in [-0.05, 0) is 17.7 Å². The van der Waals surface area contributed by atoms with Crippen LogP contribution in [0.4, 0.5) is 0 Å². The van der Waals surface area contributed by atoms with Gasteiger partial charge in [0.25, 0.3) is 5.91 Å². The summed E-state index contributed by atoms with van der Waals surface area (Å²) in [6, 6.07) is 21.9. The Balaban J connectivity index is 1.32. The number of benzene rings is 2. The zero-order valence-electron chi connectivity index (χ0n) is 17.6. The quantitative estimate of drug-likeness (QED) is 0.713. The molecule has 1 aromatic heterocycles. The first-order chi connectivity index (χ1) is 15.1. The van der Waals surface area contributed by atoms with Gasteiger partial charge in [0.1, 0.15) is 5.69 Å². The maximum Gasteiger partial charge on any atom is 0.272 e. The molecule has 5 rings (SSSR count). The molecule has 2 amide bonds. The summed E-state index contributed by atoms with van der Waals surface area (Å²) in [7, 11) is 1.69. The van der Waals surface area contributed by atoms with E-state index in [-0.39, 0.29) is 23.1 Å². The highest BCUT2D eigenvalue weighted by molar-refractivity contribution is 5.95. The lowest BCUT2D eigenvalue weighted by Gasteiger charge is -2.50. The van der Waals surface area contributed by atoms with Crippen molar-refractivity contribution >= 4 is 22.7 Å². The van der Waals surface area contributed by atoms with Crippen LogP contribution in [0.5, 0.6) is 0 Å². The van der Waals surface area contributed by atoms with Crippen LogP contribution in [0.3, 0.4) is 0 Å². The fraction of sp³-hybridized carbons (Fsp3) is 0.320. The Hall–Kier alpha value is -3.25. The number of nitrogens with zero attached hydrogens (tertiary/aromatic N) is 3. The average molecular weight is 415 g/mol. The molecule has 31 heavy (non-hydrogen) atoms. The number of fused-ring (bicyclic) bond motifs is 1. The van der Waals surface area contributed by atoms with Gasteiger partial charge in [0.05, 0.1) is 11.4 Å². The van der Waals surface area contributed by atoms with E-state index >= 15 is 0 Å². The molecule has 0 saturated carbocycles. The standard InChI is InChI=1S/C25H26N4O2/c1-26-23(30)20-14-28(13-18-7-3-2-4-8-18)15-25(20)16-29(17-25)24(31)22-12-11-19-9-5-6-10-21(19)27-22/h2-12,20H,13-17H2,1H3,(H,26,30). The molecular formula is C25H26N4O2. The fourth-order valence-corrected chi connectivity index (χ4v) is 5.09. The fourth-order valence-electron chi connectivity index (χ4n) is 5.09. The van der Waals surface area contributed by atoms with Gasteiger partial charge in [-0.25, -0.2) is 4.98 Å². The number of nitrogens with one attached hydrogen (secondary N) is 1. The molecule has 2 saturated heterocycles. The number of hydrogen-bond acceptors (Lipinski definition) is 4. The molecule has 6 nitrogen and oxygen atoms in total. The van der Waals surface area contributed by atoms with Gasteiger partial charge in [0.15, 0.2) is 0 Å². The van der Waals surface area contributed by atoms with Gasteiger partial charge in [-0.2, -0.15) is 0 Å². The lowest BCUT2D eigenvalue weighted by molar-refractivity contribution is -0.130. The summed E-state index contributed by atoms with van der Waals surface area (Å²) in [6.45, 7) is 3.52. The highest BCUT2D eigenvalue weighted by atomic mass is 16.2. The predicted octanol–water partition coefficient (Wildman–Crippen LogP) is 2.56. The maximum atomic E-state index is 13.1. The van der Waals surface area contributed by atoms with Crippen LogP contribution < -0.4 is 5.32 Å². The van der Waals surface area contributed by atoms with Crippen LogP contribution in [0.1, 0.15) is 16.1 Å². The molecule has 1 atom stereocenters. The zero-order chi connectivity index (χ0) is 21.4. The number of carbonyl (C=O) groups excluding carboxylic acids is 2. The van der Waals surface area contributed by atoms with E-state index in [2.05, 4.69) is 27.3 Å². The highest BCUT2D eigenvalue weighted by Crippen LogP contribution is 2.45. The van der Waals surface area contributed by atoms with Crippen molar-refractivity contribution in [3.05, 3.63) is 78.0 Å². The summed E-state index contributed by atoms with van der Waals surface area (Å²) < 4.78 is 0. The van der Waals surface area contributed by atoms with E-state index in [9.17, 15) is 9.59 Å². The van der Waals surface area contributed by atoms with Crippen molar-refractivity contribution in [3.8, 4) is 0 Å². The molecule has 1 unspecified atom stereocenters. The molecule has 2 aromatic carbocycles. The molecule has 3 heterocycles. The van der Waals surface area contributed by atoms with Crippen LogP contribution in [0, 0.1) is 11.3 Å². The highest BCUT2D eigenvalue weighted by Gasteiger charge is 2.57. The van der Waals surface area contributed by atoms with E-state index in [1.165, 1.54) is 5.56 Å². The van der Waals surface area contributed by atoms with Gasteiger partial charge in [0.2, 0.25) is 5.91 Å². The van der Waals surface area contributed by atoms with Gasteiger partial charge in [-0.1, -0.05) is 54.6 Å². The van der Waals surface area contributed by atoms with Crippen molar-refractivity contribution in [1.29, 1.82) is 0 Å². The van der Waals surface area contributed by atoms with Crippen LogP contribution in [0.15, 0.2) is 66.7 Å². The third-order valence-electron chi connectivity index (χ3n) is 6.65. The van der Waals surface area contributed by atoms with Crippen LogP contribution in [-0.4, -0.2) is 59.8 Å². The topological polar surface area (TPSA) is 65.5 Å². The predicted molar refractivity (Wildman–Crippen MR) is 119 cm³/mol. The number of para-hydroxylation sites is 1. The second kappa shape index (κ2) is 7.78. The summed E-state index contributed by atoms with van der Waals surface area (Å²) in [6.07, 6.45) is 0. The average Bonchev–Trinajstić information content (AvgIpc) is 3.17. The Morgan fingerprint density at radius 2 is 1.74 bits per heavy atom. The number of rotatable bonds is 4. The molecule has 1 spiro atoms. The molecule has 2 fully saturated rings. The number of amides is 2. The van der Waals surface area contributed by atoms with Crippen LogP contribution in [0.2, 0.25) is 0 Å². The summed E-state index contributed by atoms with van der Waals surface area (Å²) in [4.78, 5) is 34.5. The number of carbonyl (C=O) groups is 2. The normalized spacial score (nSPS) is 20.0.